The van der Waals surface area contributed by atoms with Crippen LogP contribution in [0.2, 0.25) is 0 Å². The Bertz CT molecular complexity index is 657. The van der Waals surface area contributed by atoms with Crippen LogP contribution in [-0.2, 0) is 4.74 Å². The third-order valence-electron chi connectivity index (χ3n) is 3.87. The SMILES string of the molecule is c1ccc2c(c1)OCC(c1nnc(SCC3CCCCO3)o1)O2. The van der Waals surface area contributed by atoms with Crippen LogP contribution in [0.4, 0.5) is 0 Å². The van der Waals surface area contributed by atoms with Crippen molar-refractivity contribution >= 4 is 11.8 Å². The molecule has 2 aliphatic heterocycles. The monoisotopic (exact) mass is 334 g/mol. The largest absolute Gasteiger partial charge is 0.485 e. The summed E-state index contributed by atoms with van der Waals surface area (Å²) in [5.41, 5.74) is 0. The number of ether oxygens (including phenoxy) is 3. The van der Waals surface area contributed by atoms with Crippen LogP contribution in [0.3, 0.4) is 0 Å². The Morgan fingerprint density at radius 1 is 1.13 bits per heavy atom. The summed E-state index contributed by atoms with van der Waals surface area (Å²) >= 11 is 1.54. The number of aromatic nitrogens is 2. The van der Waals surface area contributed by atoms with Gasteiger partial charge in [0.05, 0.1) is 6.10 Å². The molecule has 1 fully saturated rings. The number of hydrogen-bond acceptors (Lipinski definition) is 7. The highest BCUT2D eigenvalue weighted by Crippen LogP contribution is 2.36. The number of rotatable bonds is 4. The zero-order valence-corrected chi connectivity index (χ0v) is 13.5. The van der Waals surface area contributed by atoms with Crippen LogP contribution in [-0.4, -0.2) is 35.3 Å². The van der Waals surface area contributed by atoms with Crippen LogP contribution in [0.5, 0.6) is 11.5 Å². The van der Waals surface area contributed by atoms with E-state index in [0.29, 0.717) is 23.5 Å². The van der Waals surface area contributed by atoms with Crippen molar-refractivity contribution in [1.29, 1.82) is 0 Å². The minimum absolute atomic E-state index is 0.283. The topological polar surface area (TPSA) is 66.6 Å². The highest BCUT2D eigenvalue weighted by molar-refractivity contribution is 7.99. The Morgan fingerprint density at radius 2 is 2.04 bits per heavy atom. The molecule has 0 N–H and O–H groups in total. The fourth-order valence-corrected chi connectivity index (χ4v) is 3.49. The summed E-state index contributed by atoms with van der Waals surface area (Å²) in [5, 5.41) is 8.73. The van der Waals surface area contributed by atoms with Crippen molar-refractivity contribution in [3.8, 4) is 11.5 Å². The van der Waals surface area contributed by atoms with Crippen LogP contribution in [0.25, 0.3) is 0 Å². The second kappa shape index (κ2) is 6.80. The summed E-state index contributed by atoms with van der Waals surface area (Å²) in [6, 6.07) is 7.57. The van der Waals surface area contributed by atoms with Gasteiger partial charge in [0, 0.05) is 12.4 Å². The zero-order valence-electron chi connectivity index (χ0n) is 12.6. The van der Waals surface area contributed by atoms with E-state index in [2.05, 4.69) is 10.2 Å². The summed E-state index contributed by atoms with van der Waals surface area (Å²) in [4.78, 5) is 0. The van der Waals surface area contributed by atoms with E-state index in [1.807, 2.05) is 24.3 Å². The summed E-state index contributed by atoms with van der Waals surface area (Å²) in [7, 11) is 0. The molecule has 7 heteroatoms. The molecule has 2 unspecified atom stereocenters. The van der Waals surface area contributed by atoms with Crippen molar-refractivity contribution in [1.82, 2.24) is 10.2 Å². The van der Waals surface area contributed by atoms with Crippen LogP contribution >= 0.6 is 11.8 Å². The van der Waals surface area contributed by atoms with Crippen molar-refractivity contribution < 1.29 is 18.6 Å². The first kappa shape index (κ1) is 14.8. The Hall–Kier alpha value is -1.73. The smallest absolute Gasteiger partial charge is 0.276 e. The first-order valence-corrected chi connectivity index (χ1v) is 8.83. The van der Waals surface area contributed by atoms with Crippen LogP contribution in [0.1, 0.15) is 31.3 Å². The molecular weight excluding hydrogens is 316 g/mol. The molecule has 6 nitrogen and oxygen atoms in total. The lowest BCUT2D eigenvalue weighted by Crippen LogP contribution is -2.21. The summed E-state index contributed by atoms with van der Waals surface area (Å²) < 4.78 is 23.0. The van der Waals surface area contributed by atoms with Crippen molar-refractivity contribution in [2.24, 2.45) is 0 Å². The molecule has 0 saturated carbocycles. The Balaban J connectivity index is 1.36. The van der Waals surface area contributed by atoms with Crippen molar-refractivity contribution in [3.05, 3.63) is 30.2 Å². The van der Waals surface area contributed by atoms with Gasteiger partial charge >= 0.3 is 0 Å². The molecule has 0 radical (unpaired) electrons. The molecule has 0 spiro atoms. The molecule has 2 aromatic rings. The fourth-order valence-electron chi connectivity index (χ4n) is 2.65. The van der Waals surface area contributed by atoms with E-state index in [1.54, 1.807) is 0 Å². The lowest BCUT2D eigenvalue weighted by Gasteiger charge is -2.23. The standard InChI is InChI=1S/C16H18N2O4S/c1-2-7-13-12(6-1)20-9-14(21-13)15-17-18-16(22-15)23-10-11-5-3-4-8-19-11/h1-2,6-7,11,14H,3-5,8-10H2. The molecule has 4 rings (SSSR count). The molecule has 122 valence electrons. The van der Waals surface area contributed by atoms with Crippen molar-refractivity contribution in [3.63, 3.8) is 0 Å². The zero-order chi connectivity index (χ0) is 15.5. The Kier molecular flexibility index (Phi) is 4.39. The van der Waals surface area contributed by atoms with Gasteiger partial charge in [0.2, 0.25) is 6.10 Å². The molecule has 2 atom stereocenters. The van der Waals surface area contributed by atoms with Crippen molar-refractivity contribution in [2.75, 3.05) is 19.0 Å². The third-order valence-corrected chi connectivity index (χ3v) is 4.82. The summed E-state index contributed by atoms with van der Waals surface area (Å²) in [6.07, 6.45) is 3.41. The van der Waals surface area contributed by atoms with Crippen LogP contribution < -0.4 is 9.47 Å². The first-order valence-electron chi connectivity index (χ1n) is 7.85. The van der Waals surface area contributed by atoms with Crippen LogP contribution in [0.15, 0.2) is 33.9 Å². The van der Waals surface area contributed by atoms with Crippen LogP contribution in [0, 0.1) is 0 Å². The maximum atomic E-state index is 5.87. The lowest BCUT2D eigenvalue weighted by atomic mass is 10.1. The average Bonchev–Trinajstić information content (AvgIpc) is 3.09. The number of nitrogens with zero attached hydrogens (tertiary/aromatic N) is 2. The quantitative estimate of drug-likeness (QED) is 0.795. The average molecular weight is 334 g/mol. The van der Waals surface area contributed by atoms with E-state index >= 15 is 0 Å². The maximum absolute atomic E-state index is 5.87. The second-order valence-corrected chi connectivity index (χ2v) is 6.54. The molecule has 2 aliphatic rings. The molecule has 1 aromatic heterocycles. The maximum Gasteiger partial charge on any atom is 0.276 e. The highest BCUT2D eigenvalue weighted by atomic mass is 32.2. The minimum Gasteiger partial charge on any atom is -0.485 e. The lowest BCUT2D eigenvalue weighted by molar-refractivity contribution is 0.0314. The molecule has 23 heavy (non-hydrogen) atoms. The molecule has 0 amide bonds. The summed E-state index contributed by atoms with van der Waals surface area (Å²) in [5.74, 6) is 2.73. The third kappa shape index (κ3) is 3.45. The van der Waals surface area contributed by atoms with Gasteiger partial charge in [-0.05, 0) is 31.4 Å². The molecular formula is C16H18N2O4S. The summed E-state index contributed by atoms with van der Waals surface area (Å²) in [6.45, 7) is 1.22. The molecule has 0 aliphatic carbocycles. The van der Waals surface area contributed by atoms with E-state index in [-0.39, 0.29) is 12.2 Å². The predicted molar refractivity (Wildman–Crippen MR) is 83.9 cm³/mol. The van der Waals surface area contributed by atoms with E-state index in [0.717, 1.165) is 31.0 Å². The van der Waals surface area contributed by atoms with E-state index in [1.165, 1.54) is 18.2 Å². The van der Waals surface area contributed by atoms with Gasteiger partial charge in [0.1, 0.15) is 6.61 Å². The highest BCUT2D eigenvalue weighted by Gasteiger charge is 2.27. The predicted octanol–water partition coefficient (Wildman–Crippen LogP) is 3.24. The number of thioether (sulfide) groups is 1. The van der Waals surface area contributed by atoms with Gasteiger partial charge < -0.3 is 18.6 Å². The second-order valence-electron chi connectivity index (χ2n) is 5.57. The van der Waals surface area contributed by atoms with Gasteiger partial charge in [-0.15, -0.1) is 10.2 Å². The molecule has 0 bridgehead atoms. The normalized spacial score (nSPS) is 23.7. The Morgan fingerprint density at radius 3 is 2.91 bits per heavy atom. The van der Waals surface area contributed by atoms with Gasteiger partial charge in [0.15, 0.2) is 11.5 Å². The van der Waals surface area contributed by atoms with Gasteiger partial charge in [-0.25, -0.2) is 0 Å². The number of hydrogen-bond donors (Lipinski definition) is 0. The number of para-hydroxylation sites is 2. The Labute approximate surface area is 138 Å². The minimum atomic E-state index is -0.363. The van der Waals surface area contributed by atoms with E-state index in [9.17, 15) is 0 Å². The van der Waals surface area contributed by atoms with E-state index in [4.69, 9.17) is 18.6 Å². The molecule has 1 saturated heterocycles. The van der Waals surface area contributed by atoms with Gasteiger partial charge in [0.25, 0.3) is 11.1 Å². The van der Waals surface area contributed by atoms with Gasteiger partial charge in [-0.1, -0.05) is 23.9 Å². The van der Waals surface area contributed by atoms with Gasteiger partial charge in [-0.3, -0.25) is 0 Å². The van der Waals surface area contributed by atoms with Crippen molar-refractivity contribution in [2.45, 2.75) is 36.7 Å². The molecule has 3 heterocycles. The molecule has 1 aromatic carbocycles. The first-order chi connectivity index (χ1) is 11.4. The number of benzene rings is 1. The fraction of sp³-hybridized carbons (Fsp3) is 0.500. The number of fused-ring (bicyclic) bond motifs is 1. The van der Waals surface area contributed by atoms with E-state index < -0.39 is 0 Å². The van der Waals surface area contributed by atoms with Gasteiger partial charge in [-0.2, -0.15) is 0 Å².